The lowest BCUT2D eigenvalue weighted by Crippen LogP contribution is -2.11. The van der Waals surface area contributed by atoms with Crippen LogP contribution in [0.4, 0.5) is 8.78 Å². The van der Waals surface area contributed by atoms with Gasteiger partial charge in [0, 0.05) is 12.1 Å². The Morgan fingerprint density at radius 1 is 1.46 bits per heavy atom. The minimum absolute atomic E-state index is 0.111. The number of hydrogen-bond donors (Lipinski definition) is 2. The van der Waals surface area contributed by atoms with E-state index in [-0.39, 0.29) is 12.1 Å². The molecule has 0 fully saturated rings. The maximum atomic E-state index is 12.7. The Bertz CT molecular complexity index is 304. The molecule has 0 aliphatic carbocycles. The molecular weight excluding hydrogens is 180 g/mol. The second-order valence-corrected chi connectivity index (χ2v) is 2.39. The smallest absolute Gasteiger partial charge is 0.200 e. The van der Waals surface area contributed by atoms with Crippen LogP contribution in [0.2, 0.25) is 0 Å². The van der Waals surface area contributed by atoms with E-state index >= 15 is 0 Å². The molecule has 0 radical (unpaired) electrons. The Morgan fingerprint density at radius 2 is 2.15 bits per heavy atom. The Balaban J connectivity index is 2.90. The van der Waals surface area contributed by atoms with Crippen molar-refractivity contribution in [1.29, 1.82) is 0 Å². The summed E-state index contributed by atoms with van der Waals surface area (Å²) < 4.78 is 25.2. The van der Waals surface area contributed by atoms with Gasteiger partial charge in [-0.2, -0.15) is 9.87 Å². The predicted molar refractivity (Wildman–Crippen MR) is 41.9 cm³/mol. The quantitative estimate of drug-likeness (QED) is 0.704. The molecular formula is C8H9F2NO2. The predicted octanol–water partition coefficient (Wildman–Crippen LogP) is 1.32. The maximum absolute atomic E-state index is 12.7. The highest BCUT2D eigenvalue weighted by Gasteiger charge is 2.11. The lowest BCUT2D eigenvalue weighted by Gasteiger charge is -2.05. The highest BCUT2D eigenvalue weighted by atomic mass is 19.2. The van der Waals surface area contributed by atoms with E-state index in [4.69, 9.17) is 5.11 Å². The summed E-state index contributed by atoms with van der Waals surface area (Å²) >= 11 is 0. The maximum Gasteiger partial charge on any atom is 0.200 e. The molecule has 0 spiro atoms. The molecule has 2 N–H and O–H groups in total. The lowest BCUT2D eigenvalue weighted by molar-refractivity contribution is 0.0860. The van der Waals surface area contributed by atoms with Crippen LogP contribution in [-0.2, 0) is 11.4 Å². The van der Waals surface area contributed by atoms with Crippen molar-refractivity contribution in [3.05, 3.63) is 29.3 Å². The molecule has 5 heteroatoms. The third-order valence-corrected chi connectivity index (χ3v) is 1.56. The number of halogens is 2. The van der Waals surface area contributed by atoms with Gasteiger partial charge in [-0.1, -0.05) is 6.07 Å². The molecule has 3 nitrogen and oxygen atoms in total. The number of hydrogen-bond acceptors (Lipinski definition) is 3. The van der Waals surface area contributed by atoms with Crippen LogP contribution in [0.3, 0.4) is 0 Å². The van der Waals surface area contributed by atoms with Gasteiger partial charge in [-0.3, -0.25) is 0 Å². The number of nitrogens with one attached hydrogen (secondary N) is 1. The first-order valence-corrected chi connectivity index (χ1v) is 3.58. The van der Waals surface area contributed by atoms with Crippen molar-refractivity contribution in [2.24, 2.45) is 0 Å². The summed E-state index contributed by atoms with van der Waals surface area (Å²) in [5.74, 6) is -3.00. The second kappa shape index (κ2) is 4.15. The van der Waals surface area contributed by atoms with Gasteiger partial charge in [-0.05, 0) is 6.07 Å². The van der Waals surface area contributed by atoms with Crippen LogP contribution >= 0.6 is 0 Å². The summed E-state index contributed by atoms with van der Waals surface area (Å²) in [6, 6.07) is 2.22. The zero-order valence-corrected chi connectivity index (χ0v) is 6.97. The Kier molecular flexibility index (Phi) is 3.16. The summed E-state index contributed by atoms with van der Waals surface area (Å²) in [4.78, 5) is 4.49. The largest absolute Gasteiger partial charge is 0.505 e. The molecule has 1 aromatic carbocycles. The molecule has 0 bridgehead atoms. The standard InChI is InChI=1S/C8H9F2NO2/c1-13-11-4-5-2-3-6(9)7(10)8(5)12/h2-3,11-12H,4H2,1H3. The first-order chi connectivity index (χ1) is 6.16. The van der Waals surface area contributed by atoms with E-state index in [0.717, 1.165) is 6.07 Å². The van der Waals surface area contributed by atoms with E-state index in [9.17, 15) is 8.78 Å². The highest BCUT2D eigenvalue weighted by molar-refractivity contribution is 5.34. The monoisotopic (exact) mass is 189 g/mol. The van der Waals surface area contributed by atoms with Crippen LogP contribution in [0, 0.1) is 11.6 Å². The molecule has 0 amide bonds. The van der Waals surface area contributed by atoms with Crippen LogP contribution < -0.4 is 5.48 Å². The van der Waals surface area contributed by atoms with E-state index in [1.807, 2.05) is 0 Å². The number of benzene rings is 1. The fraction of sp³-hybridized carbons (Fsp3) is 0.250. The first kappa shape index (κ1) is 9.88. The molecule has 0 saturated heterocycles. The number of rotatable bonds is 3. The van der Waals surface area contributed by atoms with Gasteiger partial charge in [-0.25, -0.2) is 4.39 Å². The molecule has 0 heterocycles. The lowest BCUT2D eigenvalue weighted by atomic mass is 10.2. The molecule has 1 rings (SSSR count). The first-order valence-electron chi connectivity index (χ1n) is 3.58. The van der Waals surface area contributed by atoms with Crippen molar-refractivity contribution < 1.29 is 18.7 Å². The van der Waals surface area contributed by atoms with Gasteiger partial charge in [0.1, 0.15) is 0 Å². The molecule has 0 aromatic heterocycles. The molecule has 13 heavy (non-hydrogen) atoms. The molecule has 0 atom stereocenters. The van der Waals surface area contributed by atoms with Crippen LogP contribution in [0.5, 0.6) is 5.75 Å². The summed E-state index contributed by atoms with van der Waals surface area (Å²) in [7, 11) is 1.39. The number of phenolic OH excluding ortho intramolecular Hbond substituents is 1. The van der Waals surface area contributed by atoms with Crippen LogP contribution in [0.1, 0.15) is 5.56 Å². The van der Waals surface area contributed by atoms with Crippen molar-refractivity contribution in [3.63, 3.8) is 0 Å². The zero-order valence-electron chi connectivity index (χ0n) is 6.97. The summed E-state index contributed by atoms with van der Waals surface area (Å²) in [5, 5.41) is 9.09. The van der Waals surface area contributed by atoms with Gasteiger partial charge in [0.2, 0.25) is 5.82 Å². The van der Waals surface area contributed by atoms with Gasteiger partial charge < -0.3 is 9.94 Å². The van der Waals surface area contributed by atoms with Crippen molar-refractivity contribution in [1.82, 2.24) is 5.48 Å². The van der Waals surface area contributed by atoms with Crippen molar-refractivity contribution in [3.8, 4) is 5.75 Å². The molecule has 0 aliphatic rings. The third kappa shape index (κ3) is 2.13. The Morgan fingerprint density at radius 3 is 2.77 bits per heavy atom. The van der Waals surface area contributed by atoms with Gasteiger partial charge in [0.15, 0.2) is 11.6 Å². The minimum Gasteiger partial charge on any atom is -0.505 e. The highest BCUT2D eigenvalue weighted by Crippen LogP contribution is 2.23. The number of hydroxylamine groups is 1. The topological polar surface area (TPSA) is 41.5 Å². The SMILES string of the molecule is CONCc1ccc(F)c(F)c1O. The fourth-order valence-electron chi connectivity index (χ4n) is 0.872. The van der Waals surface area contributed by atoms with Crippen molar-refractivity contribution in [2.45, 2.75) is 6.54 Å². The van der Waals surface area contributed by atoms with Gasteiger partial charge in [0.25, 0.3) is 0 Å². The summed E-state index contributed by atoms with van der Waals surface area (Å²) in [6.07, 6.45) is 0. The normalized spacial score (nSPS) is 10.4. The number of aromatic hydroxyl groups is 1. The van der Waals surface area contributed by atoms with Crippen LogP contribution in [0.25, 0.3) is 0 Å². The Hall–Kier alpha value is -1.20. The molecule has 0 saturated carbocycles. The van der Waals surface area contributed by atoms with E-state index in [1.165, 1.54) is 13.2 Å². The second-order valence-electron chi connectivity index (χ2n) is 2.39. The molecule has 72 valence electrons. The Labute approximate surface area is 73.9 Å². The summed E-state index contributed by atoms with van der Waals surface area (Å²) in [5.41, 5.74) is 2.64. The third-order valence-electron chi connectivity index (χ3n) is 1.56. The van der Waals surface area contributed by atoms with Gasteiger partial charge >= 0.3 is 0 Å². The molecule has 0 aliphatic heterocycles. The van der Waals surface area contributed by atoms with Gasteiger partial charge in [-0.15, -0.1) is 0 Å². The van der Waals surface area contributed by atoms with E-state index in [0.29, 0.717) is 0 Å². The average molecular weight is 189 g/mol. The van der Waals surface area contributed by atoms with Crippen LogP contribution in [-0.4, -0.2) is 12.2 Å². The zero-order chi connectivity index (χ0) is 9.84. The van der Waals surface area contributed by atoms with E-state index < -0.39 is 17.4 Å². The van der Waals surface area contributed by atoms with E-state index in [1.54, 1.807) is 0 Å². The summed E-state index contributed by atoms with van der Waals surface area (Å²) in [6.45, 7) is 0.111. The fourth-order valence-corrected chi connectivity index (χ4v) is 0.872. The minimum atomic E-state index is -1.24. The van der Waals surface area contributed by atoms with Crippen LogP contribution in [0.15, 0.2) is 12.1 Å². The molecule has 0 unspecified atom stereocenters. The van der Waals surface area contributed by atoms with Crippen molar-refractivity contribution >= 4 is 0 Å². The van der Waals surface area contributed by atoms with E-state index in [2.05, 4.69) is 10.3 Å². The van der Waals surface area contributed by atoms with Crippen molar-refractivity contribution in [2.75, 3.05) is 7.11 Å². The van der Waals surface area contributed by atoms with Gasteiger partial charge in [0.05, 0.1) is 7.11 Å². The molecule has 1 aromatic rings. The number of phenols is 1. The average Bonchev–Trinajstić information content (AvgIpc) is 2.13.